The van der Waals surface area contributed by atoms with E-state index in [2.05, 4.69) is 25.9 Å². The molecule has 1 nitrogen and oxygen atoms in total. The van der Waals surface area contributed by atoms with Gasteiger partial charge in [0.2, 0.25) is 0 Å². The van der Waals surface area contributed by atoms with Crippen LogP contribution in [0.1, 0.15) is 39.0 Å². The topological polar surface area (TPSA) is 3.24 Å². The van der Waals surface area contributed by atoms with Crippen LogP contribution in [0, 0.1) is 5.92 Å². The van der Waals surface area contributed by atoms with Crippen molar-refractivity contribution >= 4 is 0 Å². The Morgan fingerprint density at radius 3 is 2.27 bits per heavy atom. The second-order valence-corrected chi connectivity index (χ2v) is 4.15. The van der Waals surface area contributed by atoms with Crippen LogP contribution in [-0.2, 0) is 0 Å². The highest BCUT2D eigenvalue weighted by atomic mass is 15.1. The van der Waals surface area contributed by atoms with E-state index in [4.69, 9.17) is 0 Å². The summed E-state index contributed by atoms with van der Waals surface area (Å²) >= 11 is 0. The molecule has 0 heterocycles. The number of rotatable bonds is 1. The fraction of sp³-hybridized carbons (Fsp3) is 1.00. The molecular weight excluding hydrogens is 134 g/mol. The van der Waals surface area contributed by atoms with Crippen molar-refractivity contribution in [2.45, 2.75) is 45.1 Å². The lowest BCUT2D eigenvalue weighted by Crippen LogP contribution is -2.32. The van der Waals surface area contributed by atoms with Crippen LogP contribution in [0.15, 0.2) is 0 Å². The van der Waals surface area contributed by atoms with Crippen molar-refractivity contribution in [1.29, 1.82) is 0 Å². The SMILES string of the molecule is CC1CCCCCC1N(C)C. The van der Waals surface area contributed by atoms with Gasteiger partial charge in [-0.3, -0.25) is 0 Å². The van der Waals surface area contributed by atoms with Crippen LogP contribution in [0.3, 0.4) is 0 Å². The Morgan fingerprint density at radius 1 is 1.00 bits per heavy atom. The minimum absolute atomic E-state index is 0.845. The fourth-order valence-corrected chi connectivity index (χ4v) is 2.24. The Kier molecular flexibility index (Phi) is 3.38. The normalized spacial score (nSPS) is 33.8. The first kappa shape index (κ1) is 9.05. The van der Waals surface area contributed by atoms with Crippen LogP contribution in [0.25, 0.3) is 0 Å². The van der Waals surface area contributed by atoms with Gasteiger partial charge in [0.25, 0.3) is 0 Å². The van der Waals surface area contributed by atoms with Gasteiger partial charge < -0.3 is 4.90 Å². The third-order valence-corrected chi connectivity index (χ3v) is 2.98. The molecule has 2 atom stereocenters. The van der Waals surface area contributed by atoms with E-state index in [1.54, 1.807) is 0 Å². The van der Waals surface area contributed by atoms with Crippen molar-refractivity contribution < 1.29 is 0 Å². The van der Waals surface area contributed by atoms with Crippen molar-refractivity contribution in [2.24, 2.45) is 5.92 Å². The summed E-state index contributed by atoms with van der Waals surface area (Å²) in [6, 6.07) is 0.845. The maximum atomic E-state index is 2.40. The Morgan fingerprint density at radius 2 is 1.64 bits per heavy atom. The van der Waals surface area contributed by atoms with Gasteiger partial charge in [0.1, 0.15) is 0 Å². The lowest BCUT2D eigenvalue weighted by atomic mass is 9.96. The van der Waals surface area contributed by atoms with Crippen LogP contribution in [0.4, 0.5) is 0 Å². The van der Waals surface area contributed by atoms with Gasteiger partial charge in [-0.15, -0.1) is 0 Å². The van der Waals surface area contributed by atoms with E-state index in [-0.39, 0.29) is 0 Å². The smallest absolute Gasteiger partial charge is 0.0115 e. The summed E-state index contributed by atoms with van der Waals surface area (Å²) in [6.07, 6.45) is 7.18. The first-order chi connectivity index (χ1) is 5.22. The lowest BCUT2D eigenvalue weighted by Gasteiger charge is -2.28. The van der Waals surface area contributed by atoms with E-state index in [1.807, 2.05) is 0 Å². The number of hydrogen-bond donors (Lipinski definition) is 0. The highest BCUT2D eigenvalue weighted by molar-refractivity contribution is 4.75. The largest absolute Gasteiger partial charge is 0.306 e. The highest BCUT2D eigenvalue weighted by Crippen LogP contribution is 2.25. The molecule has 0 radical (unpaired) electrons. The zero-order chi connectivity index (χ0) is 8.27. The lowest BCUT2D eigenvalue weighted by molar-refractivity contribution is 0.209. The highest BCUT2D eigenvalue weighted by Gasteiger charge is 2.20. The second kappa shape index (κ2) is 4.10. The minimum Gasteiger partial charge on any atom is -0.306 e. The molecule has 66 valence electrons. The average molecular weight is 155 g/mol. The third-order valence-electron chi connectivity index (χ3n) is 2.98. The van der Waals surface area contributed by atoms with Crippen LogP contribution in [0.2, 0.25) is 0 Å². The molecule has 0 aromatic heterocycles. The standard InChI is InChI=1S/C10H21N/c1-9-7-5-4-6-8-10(9)11(2)3/h9-10H,4-8H2,1-3H3. The summed E-state index contributed by atoms with van der Waals surface area (Å²) in [7, 11) is 4.43. The molecule has 0 spiro atoms. The molecule has 0 aliphatic heterocycles. The van der Waals surface area contributed by atoms with Gasteiger partial charge in [0, 0.05) is 6.04 Å². The quantitative estimate of drug-likeness (QED) is 0.526. The van der Waals surface area contributed by atoms with Crippen LogP contribution >= 0.6 is 0 Å². The molecule has 1 heteroatoms. The van der Waals surface area contributed by atoms with Gasteiger partial charge >= 0.3 is 0 Å². The molecule has 1 saturated carbocycles. The number of hydrogen-bond acceptors (Lipinski definition) is 1. The Balaban J connectivity index is 2.45. The molecule has 1 aliphatic carbocycles. The second-order valence-electron chi connectivity index (χ2n) is 4.15. The summed E-state index contributed by atoms with van der Waals surface area (Å²) in [5.41, 5.74) is 0. The maximum Gasteiger partial charge on any atom is 0.0115 e. The first-order valence-electron chi connectivity index (χ1n) is 4.88. The van der Waals surface area contributed by atoms with Crippen LogP contribution in [-0.4, -0.2) is 25.0 Å². The van der Waals surface area contributed by atoms with Crippen molar-refractivity contribution in [2.75, 3.05) is 14.1 Å². The molecule has 1 rings (SSSR count). The Labute approximate surface area is 70.8 Å². The summed E-state index contributed by atoms with van der Waals surface area (Å²) < 4.78 is 0. The van der Waals surface area contributed by atoms with Gasteiger partial charge in [0.15, 0.2) is 0 Å². The molecule has 1 aliphatic rings. The third kappa shape index (κ3) is 2.48. The van der Waals surface area contributed by atoms with Gasteiger partial charge in [-0.25, -0.2) is 0 Å². The van der Waals surface area contributed by atoms with Crippen molar-refractivity contribution in [1.82, 2.24) is 4.90 Å². The predicted octanol–water partition coefficient (Wildman–Crippen LogP) is 2.52. The van der Waals surface area contributed by atoms with Gasteiger partial charge in [-0.2, -0.15) is 0 Å². The fourth-order valence-electron chi connectivity index (χ4n) is 2.24. The minimum atomic E-state index is 0.845. The Bertz CT molecular complexity index is 109. The summed E-state index contributed by atoms with van der Waals surface area (Å²) in [4.78, 5) is 2.40. The molecule has 0 amide bonds. The number of nitrogens with zero attached hydrogens (tertiary/aromatic N) is 1. The van der Waals surface area contributed by atoms with E-state index in [9.17, 15) is 0 Å². The molecule has 11 heavy (non-hydrogen) atoms. The van der Waals surface area contributed by atoms with Gasteiger partial charge in [-0.1, -0.05) is 26.2 Å². The van der Waals surface area contributed by atoms with Crippen LogP contribution < -0.4 is 0 Å². The molecule has 2 unspecified atom stereocenters. The molecule has 0 aromatic rings. The van der Waals surface area contributed by atoms with Crippen molar-refractivity contribution in [3.8, 4) is 0 Å². The average Bonchev–Trinajstić information content (AvgIpc) is 2.13. The van der Waals surface area contributed by atoms with E-state index in [0.717, 1.165) is 12.0 Å². The van der Waals surface area contributed by atoms with E-state index >= 15 is 0 Å². The summed E-state index contributed by atoms with van der Waals surface area (Å²) in [5, 5.41) is 0. The monoisotopic (exact) mass is 155 g/mol. The van der Waals surface area contributed by atoms with Crippen molar-refractivity contribution in [3.05, 3.63) is 0 Å². The summed E-state index contributed by atoms with van der Waals surface area (Å²) in [5.74, 6) is 0.910. The van der Waals surface area contributed by atoms with Crippen molar-refractivity contribution in [3.63, 3.8) is 0 Å². The van der Waals surface area contributed by atoms with E-state index in [1.165, 1.54) is 32.1 Å². The molecule has 0 bridgehead atoms. The summed E-state index contributed by atoms with van der Waals surface area (Å²) in [6.45, 7) is 2.40. The zero-order valence-corrected chi connectivity index (χ0v) is 8.14. The van der Waals surface area contributed by atoms with Gasteiger partial charge in [-0.05, 0) is 32.9 Å². The molecule has 0 N–H and O–H groups in total. The molecule has 0 saturated heterocycles. The predicted molar refractivity (Wildman–Crippen MR) is 49.7 cm³/mol. The zero-order valence-electron chi connectivity index (χ0n) is 8.14. The molecule has 1 fully saturated rings. The van der Waals surface area contributed by atoms with Gasteiger partial charge in [0.05, 0.1) is 0 Å². The Hall–Kier alpha value is -0.0400. The van der Waals surface area contributed by atoms with E-state index < -0.39 is 0 Å². The van der Waals surface area contributed by atoms with Crippen LogP contribution in [0.5, 0.6) is 0 Å². The molecular formula is C10H21N. The first-order valence-corrected chi connectivity index (χ1v) is 4.88. The maximum absolute atomic E-state index is 2.40. The van der Waals surface area contributed by atoms with E-state index in [0.29, 0.717) is 0 Å². The molecule has 0 aromatic carbocycles.